The molecule has 4 heteroatoms. The second-order valence-electron chi connectivity index (χ2n) is 3.40. The number of carbonyl (C=O) groups excluding carboxylic acids is 2. The van der Waals surface area contributed by atoms with Crippen LogP contribution in [0, 0.1) is 11.8 Å². The quantitative estimate of drug-likeness (QED) is 0.638. The molecule has 0 aromatic heterocycles. The highest BCUT2D eigenvalue weighted by Gasteiger charge is 2.19. The lowest BCUT2D eigenvalue weighted by Gasteiger charge is -2.13. The predicted octanol–water partition coefficient (Wildman–Crippen LogP) is 3.35. The smallest absolute Gasteiger partial charge is 0.224 e. The molecule has 2 nitrogen and oxygen atoms in total. The van der Waals surface area contributed by atoms with Gasteiger partial charge in [-0.2, -0.15) is 0 Å². The van der Waals surface area contributed by atoms with Crippen molar-refractivity contribution in [2.75, 3.05) is 0 Å². The molecule has 0 spiro atoms. The van der Waals surface area contributed by atoms with Crippen LogP contribution in [0.4, 0.5) is 0 Å². The number of hydrogen-bond donors (Lipinski definition) is 0. The third-order valence-electron chi connectivity index (χ3n) is 2.49. The maximum Gasteiger partial charge on any atom is 0.224 e. The van der Waals surface area contributed by atoms with Gasteiger partial charge in [0.1, 0.15) is 0 Å². The Morgan fingerprint density at radius 3 is 1.36 bits per heavy atom. The number of halogens is 2. The first-order valence-electron chi connectivity index (χ1n) is 4.91. The standard InChI is InChI=1S/C10H16Cl2O2/c1-3-7(9(11)13)5-6-8(4-2)10(12)14/h7-8H,3-6H2,1-2H3. The fourth-order valence-corrected chi connectivity index (χ4v) is 1.89. The fourth-order valence-electron chi connectivity index (χ4n) is 1.36. The van der Waals surface area contributed by atoms with Crippen LogP contribution in [0.1, 0.15) is 39.5 Å². The third-order valence-corrected chi connectivity index (χ3v) is 3.11. The average molecular weight is 239 g/mol. The molecule has 0 rings (SSSR count). The van der Waals surface area contributed by atoms with E-state index in [2.05, 4.69) is 0 Å². The van der Waals surface area contributed by atoms with Gasteiger partial charge in [-0.15, -0.1) is 0 Å². The van der Waals surface area contributed by atoms with Gasteiger partial charge < -0.3 is 0 Å². The Hall–Kier alpha value is -0.0800. The van der Waals surface area contributed by atoms with E-state index in [4.69, 9.17) is 23.2 Å². The summed E-state index contributed by atoms with van der Waals surface area (Å²) in [6.07, 6.45) is 2.73. The normalized spacial score (nSPS) is 14.9. The third kappa shape index (κ3) is 4.97. The molecule has 0 N–H and O–H groups in total. The number of rotatable bonds is 7. The van der Waals surface area contributed by atoms with Crippen LogP contribution in [-0.4, -0.2) is 10.5 Å². The Bertz CT molecular complexity index is 182. The van der Waals surface area contributed by atoms with Crippen molar-refractivity contribution >= 4 is 33.7 Å². The predicted molar refractivity (Wildman–Crippen MR) is 58.5 cm³/mol. The van der Waals surface area contributed by atoms with Crippen molar-refractivity contribution in [3.63, 3.8) is 0 Å². The van der Waals surface area contributed by atoms with Crippen molar-refractivity contribution < 1.29 is 9.59 Å². The minimum atomic E-state index is -0.315. The van der Waals surface area contributed by atoms with Gasteiger partial charge >= 0.3 is 0 Å². The molecule has 0 radical (unpaired) electrons. The first-order valence-corrected chi connectivity index (χ1v) is 5.67. The van der Waals surface area contributed by atoms with Gasteiger partial charge in [-0.3, -0.25) is 9.59 Å². The van der Waals surface area contributed by atoms with Crippen molar-refractivity contribution in [1.82, 2.24) is 0 Å². The van der Waals surface area contributed by atoms with Gasteiger partial charge in [0.05, 0.1) is 0 Å². The molecule has 0 aliphatic rings. The Kier molecular flexibility index (Phi) is 7.20. The molecule has 0 aromatic rings. The summed E-state index contributed by atoms with van der Waals surface area (Å²) in [5.74, 6) is -0.275. The van der Waals surface area contributed by atoms with Crippen molar-refractivity contribution in [3.05, 3.63) is 0 Å². The first-order chi connectivity index (χ1) is 6.52. The van der Waals surface area contributed by atoms with E-state index in [-0.39, 0.29) is 22.3 Å². The van der Waals surface area contributed by atoms with Crippen LogP contribution < -0.4 is 0 Å². The molecule has 2 atom stereocenters. The fraction of sp³-hybridized carbons (Fsp3) is 0.800. The lowest BCUT2D eigenvalue weighted by atomic mass is 9.94. The highest BCUT2D eigenvalue weighted by molar-refractivity contribution is 6.64. The highest BCUT2D eigenvalue weighted by atomic mass is 35.5. The molecule has 0 aliphatic heterocycles. The average Bonchev–Trinajstić information content (AvgIpc) is 2.11. The van der Waals surface area contributed by atoms with E-state index in [1.165, 1.54) is 0 Å². The second-order valence-corrected chi connectivity index (χ2v) is 4.14. The molecule has 0 heterocycles. The minimum absolute atomic E-state index is 0.137. The number of carbonyl (C=O) groups is 2. The summed E-state index contributed by atoms with van der Waals surface area (Å²) < 4.78 is 0. The Morgan fingerprint density at radius 2 is 1.21 bits per heavy atom. The SMILES string of the molecule is CCC(CCC(CC)C(=O)Cl)C(=O)Cl. The van der Waals surface area contributed by atoms with E-state index >= 15 is 0 Å². The van der Waals surface area contributed by atoms with Crippen LogP contribution in [-0.2, 0) is 9.59 Å². The van der Waals surface area contributed by atoms with E-state index in [1.54, 1.807) is 0 Å². The molecule has 2 unspecified atom stereocenters. The molecule has 0 aliphatic carbocycles. The van der Waals surface area contributed by atoms with Crippen molar-refractivity contribution in [3.8, 4) is 0 Å². The maximum absolute atomic E-state index is 10.9. The lowest BCUT2D eigenvalue weighted by molar-refractivity contribution is -0.117. The van der Waals surface area contributed by atoms with E-state index in [0.29, 0.717) is 12.8 Å². The molecule has 0 saturated carbocycles. The summed E-state index contributed by atoms with van der Waals surface area (Å²) >= 11 is 10.8. The van der Waals surface area contributed by atoms with Crippen LogP contribution in [0.2, 0.25) is 0 Å². The zero-order valence-corrected chi connectivity index (χ0v) is 10.1. The second kappa shape index (κ2) is 7.24. The molecular formula is C10H16Cl2O2. The molecular weight excluding hydrogens is 223 g/mol. The molecule has 82 valence electrons. The molecule has 0 aromatic carbocycles. The largest absolute Gasteiger partial charge is 0.281 e. The van der Waals surface area contributed by atoms with Crippen LogP contribution in [0.15, 0.2) is 0 Å². The summed E-state index contributed by atoms with van der Waals surface area (Å²) in [4.78, 5) is 21.8. The van der Waals surface area contributed by atoms with Crippen molar-refractivity contribution in [2.45, 2.75) is 39.5 Å². The Balaban J connectivity index is 4.00. The van der Waals surface area contributed by atoms with Gasteiger partial charge in [0.25, 0.3) is 0 Å². The summed E-state index contributed by atoms with van der Waals surface area (Å²) in [5, 5.41) is -0.631. The van der Waals surface area contributed by atoms with Crippen LogP contribution >= 0.6 is 23.2 Å². The molecule has 0 fully saturated rings. The Labute approximate surface area is 95.0 Å². The number of hydrogen-bond acceptors (Lipinski definition) is 2. The van der Waals surface area contributed by atoms with Gasteiger partial charge in [-0.25, -0.2) is 0 Å². The summed E-state index contributed by atoms with van der Waals surface area (Å²) in [5.41, 5.74) is 0. The van der Waals surface area contributed by atoms with Crippen LogP contribution in [0.3, 0.4) is 0 Å². The molecule has 0 saturated heterocycles. The Morgan fingerprint density at radius 1 is 0.929 bits per heavy atom. The van der Waals surface area contributed by atoms with Crippen LogP contribution in [0.5, 0.6) is 0 Å². The van der Waals surface area contributed by atoms with Gasteiger partial charge in [-0.05, 0) is 48.9 Å². The van der Waals surface area contributed by atoms with Crippen LogP contribution in [0.25, 0.3) is 0 Å². The van der Waals surface area contributed by atoms with Gasteiger partial charge in [-0.1, -0.05) is 13.8 Å². The van der Waals surface area contributed by atoms with Gasteiger partial charge in [0, 0.05) is 11.8 Å². The van der Waals surface area contributed by atoms with E-state index in [0.717, 1.165) is 12.8 Å². The highest BCUT2D eigenvalue weighted by Crippen LogP contribution is 2.21. The molecule has 14 heavy (non-hydrogen) atoms. The zero-order chi connectivity index (χ0) is 11.1. The maximum atomic E-state index is 10.9. The van der Waals surface area contributed by atoms with E-state index < -0.39 is 0 Å². The van der Waals surface area contributed by atoms with E-state index in [9.17, 15) is 9.59 Å². The van der Waals surface area contributed by atoms with Crippen molar-refractivity contribution in [2.24, 2.45) is 11.8 Å². The molecule has 0 bridgehead atoms. The summed E-state index contributed by atoms with van der Waals surface area (Å²) in [6, 6.07) is 0. The van der Waals surface area contributed by atoms with E-state index in [1.807, 2.05) is 13.8 Å². The first kappa shape index (κ1) is 13.9. The van der Waals surface area contributed by atoms with Gasteiger partial charge in [0.15, 0.2) is 0 Å². The topological polar surface area (TPSA) is 34.1 Å². The minimum Gasteiger partial charge on any atom is -0.281 e. The summed E-state index contributed by atoms with van der Waals surface area (Å²) in [6.45, 7) is 3.82. The van der Waals surface area contributed by atoms with Gasteiger partial charge in [0.2, 0.25) is 10.5 Å². The summed E-state index contributed by atoms with van der Waals surface area (Å²) in [7, 11) is 0. The monoisotopic (exact) mass is 238 g/mol. The molecule has 0 amide bonds. The zero-order valence-electron chi connectivity index (χ0n) is 8.56. The van der Waals surface area contributed by atoms with Crippen molar-refractivity contribution in [1.29, 1.82) is 0 Å². The lowest BCUT2D eigenvalue weighted by Crippen LogP contribution is -2.13.